The molecule has 2 aromatic heterocycles. The van der Waals surface area contributed by atoms with Crippen molar-refractivity contribution in [2.24, 2.45) is 0 Å². The Morgan fingerprint density at radius 2 is 2.36 bits per heavy atom. The first-order chi connectivity index (χ1) is 6.88. The van der Waals surface area contributed by atoms with E-state index in [1.807, 2.05) is 0 Å². The molecule has 0 atom stereocenters. The van der Waals surface area contributed by atoms with Gasteiger partial charge in [-0.05, 0) is 12.1 Å². The molecule has 0 saturated carbocycles. The molecule has 0 saturated heterocycles. The highest BCUT2D eigenvalue weighted by Crippen LogP contribution is 2.24. The molecule has 0 aliphatic carbocycles. The lowest BCUT2D eigenvalue weighted by Gasteiger charge is -1.97. The van der Waals surface area contributed by atoms with E-state index in [1.54, 1.807) is 24.5 Å². The van der Waals surface area contributed by atoms with Crippen LogP contribution >= 0.6 is 22.9 Å². The Balaban J connectivity index is 2.11. The summed E-state index contributed by atoms with van der Waals surface area (Å²) in [4.78, 5) is 3.91. The average Bonchev–Trinajstić information content (AvgIpc) is 2.67. The van der Waals surface area contributed by atoms with Gasteiger partial charge in [-0.15, -0.1) is 16.7 Å². The molecule has 0 bridgehead atoms. The number of halogens is 1. The van der Waals surface area contributed by atoms with Crippen molar-refractivity contribution in [3.63, 3.8) is 0 Å². The molecule has 14 heavy (non-hydrogen) atoms. The van der Waals surface area contributed by atoms with Crippen LogP contribution < -0.4 is 4.74 Å². The van der Waals surface area contributed by atoms with E-state index in [2.05, 4.69) is 15.2 Å². The van der Waals surface area contributed by atoms with Crippen molar-refractivity contribution in [1.29, 1.82) is 0 Å². The van der Waals surface area contributed by atoms with Gasteiger partial charge in [0.1, 0.15) is 10.8 Å². The summed E-state index contributed by atoms with van der Waals surface area (Å²) >= 11 is 6.91. The summed E-state index contributed by atoms with van der Waals surface area (Å²) in [7, 11) is 0. The number of pyridine rings is 1. The van der Waals surface area contributed by atoms with Gasteiger partial charge in [0.15, 0.2) is 0 Å². The molecule has 0 N–H and O–H groups in total. The highest BCUT2D eigenvalue weighted by Gasteiger charge is 2.04. The summed E-state index contributed by atoms with van der Waals surface area (Å²) in [6, 6.07) is 3.59. The second-order valence-electron chi connectivity index (χ2n) is 2.39. The molecule has 0 unspecified atom stereocenters. The summed E-state index contributed by atoms with van der Waals surface area (Å²) in [5, 5.41) is 8.86. The number of hydrogen-bond acceptors (Lipinski definition) is 5. The van der Waals surface area contributed by atoms with Gasteiger partial charge in [0, 0.05) is 6.20 Å². The monoisotopic (exact) mass is 227 g/mol. The molecule has 0 radical (unpaired) electrons. The minimum absolute atomic E-state index is 0.355. The molecule has 72 valence electrons. The van der Waals surface area contributed by atoms with Gasteiger partial charge in [-0.3, -0.25) is 4.98 Å². The number of alkyl halides is 1. The predicted molar refractivity (Wildman–Crippen MR) is 53.8 cm³/mol. The lowest BCUT2D eigenvalue weighted by Crippen LogP contribution is -1.83. The Kier molecular flexibility index (Phi) is 2.90. The summed E-state index contributed by atoms with van der Waals surface area (Å²) in [6.45, 7) is 0. The third-order valence-corrected chi connectivity index (χ3v) is 2.62. The van der Waals surface area contributed by atoms with Crippen LogP contribution in [0.4, 0.5) is 0 Å². The molecule has 0 aliphatic heterocycles. The van der Waals surface area contributed by atoms with Gasteiger partial charge in [-0.2, -0.15) is 0 Å². The van der Waals surface area contributed by atoms with Crippen LogP contribution in [-0.4, -0.2) is 15.2 Å². The maximum absolute atomic E-state index is 5.58. The second kappa shape index (κ2) is 4.34. The molecule has 0 amide bonds. The van der Waals surface area contributed by atoms with E-state index in [0.717, 1.165) is 5.01 Å². The number of ether oxygens (including phenoxy) is 1. The SMILES string of the molecule is ClCc1nnc(Oc2cccnc2)s1. The third-order valence-electron chi connectivity index (χ3n) is 1.40. The van der Waals surface area contributed by atoms with Crippen LogP contribution in [0.25, 0.3) is 0 Å². The average molecular weight is 228 g/mol. The molecule has 2 aromatic rings. The fraction of sp³-hybridized carbons (Fsp3) is 0.125. The van der Waals surface area contributed by atoms with Crippen LogP contribution in [0.1, 0.15) is 5.01 Å². The van der Waals surface area contributed by atoms with E-state index in [9.17, 15) is 0 Å². The second-order valence-corrected chi connectivity index (χ2v) is 3.68. The lowest BCUT2D eigenvalue weighted by atomic mass is 10.5. The van der Waals surface area contributed by atoms with Gasteiger partial charge >= 0.3 is 0 Å². The number of nitrogens with zero attached hydrogens (tertiary/aromatic N) is 3. The predicted octanol–water partition coefficient (Wildman–Crippen LogP) is 2.46. The van der Waals surface area contributed by atoms with Crippen molar-refractivity contribution < 1.29 is 4.74 Å². The zero-order valence-corrected chi connectivity index (χ0v) is 8.63. The Hall–Kier alpha value is -1.20. The maximum Gasteiger partial charge on any atom is 0.299 e. The first-order valence-corrected chi connectivity index (χ1v) is 5.20. The molecule has 0 spiro atoms. The van der Waals surface area contributed by atoms with Crippen molar-refractivity contribution in [1.82, 2.24) is 15.2 Å². The van der Waals surface area contributed by atoms with Gasteiger partial charge < -0.3 is 4.74 Å². The standard InChI is InChI=1S/C8H6ClN3OS/c9-4-7-11-12-8(14-7)13-6-2-1-3-10-5-6/h1-3,5H,4H2. The normalized spacial score (nSPS) is 10.1. The van der Waals surface area contributed by atoms with Gasteiger partial charge in [-0.25, -0.2) is 0 Å². The van der Waals surface area contributed by atoms with E-state index >= 15 is 0 Å². The maximum atomic E-state index is 5.58. The summed E-state index contributed by atoms with van der Waals surface area (Å²) in [6.07, 6.45) is 3.29. The highest BCUT2D eigenvalue weighted by molar-refractivity contribution is 7.13. The van der Waals surface area contributed by atoms with Crippen molar-refractivity contribution in [3.8, 4) is 10.9 Å². The van der Waals surface area contributed by atoms with E-state index in [4.69, 9.17) is 16.3 Å². The van der Waals surface area contributed by atoms with Gasteiger partial charge in [0.05, 0.1) is 12.1 Å². The topological polar surface area (TPSA) is 47.9 Å². The fourth-order valence-electron chi connectivity index (χ4n) is 0.842. The zero-order chi connectivity index (χ0) is 9.80. The molecular formula is C8H6ClN3OS. The number of hydrogen-bond donors (Lipinski definition) is 0. The van der Waals surface area contributed by atoms with E-state index in [-0.39, 0.29) is 0 Å². The molecule has 0 aromatic carbocycles. The Morgan fingerprint density at radius 3 is 3.00 bits per heavy atom. The molecule has 2 rings (SSSR count). The number of rotatable bonds is 3. The van der Waals surface area contributed by atoms with E-state index in [1.165, 1.54) is 11.3 Å². The van der Waals surface area contributed by atoms with Gasteiger partial charge in [0.25, 0.3) is 5.19 Å². The largest absolute Gasteiger partial charge is 0.428 e. The molecule has 4 nitrogen and oxygen atoms in total. The minimum Gasteiger partial charge on any atom is -0.428 e. The third kappa shape index (κ3) is 2.18. The van der Waals surface area contributed by atoms with E-state index in [0.29, 0.717) is 16.8 Å². The van der Waals surface area contributed by atoms with Gasteiger partial charge in [-0.1, -0.05) is 16.4 Å². The fourth-order valence-corrected chi connectivity index (χ4v) is 1.62. The van der Waals surface area contributed by atoms with Crippen LogP contribution in [0, 0.1) is 0 Å². The number of aromatic nitrogens is 3. The van der Waals surface area contributed by atoms with Crippen LogP contribution in [0.15, 0.2) is 24.5 Å². The van der Waals surface area contributed by atoms with Crippen LogP contribution in [-0.2, 0) is 5.88 Å². The zero-order valence-electron chi connectivity index (χ0n) is 7.05. The first kappa shape index (κ1) is 9.36. The van der Waals surface area contributed by atoms with Gasteiger partial charge in [0.2, 0.25) is 0 Å². The minimum atomic E-state index is 0.355. The molecule has 6 heteroatoms. The van der Waals surface area contributed by atoms with Crippen LogP contribution in [0.2, 0.25) is 0 Å². The van der Waals surface area contributed by atoms with Crippen LogP contribution in [0.3, 0.4) is 0 Å². The lowest BCUT2D eigenvalue weighted by molar-refractivity contribution is 0.471. The molecule has 0 fully saturated rings. The van der Waals surface area contributed by atoms with Crippen LogP contribution in [0.5, 0.6) is 10.9 Å². The van der Waals surface area contributed by atoms with Crippen molar-refractivity contribution in [3.05, 3.63) is 29.5 Å². The Bertz CT molecular complexity index is 406. The molecule has 0 aliphatic rings. The summed E-state index contributed by atoms with van der Waals surface area (Å²) in [5.41, 5.74) is 0. The molecule has 2 heterocycles. The Labute approximate surface area is 89.5 Å². The van der Waals surface area contributed by atoms with Crippen molar-refractivity contribution in [2.45, 2.75) is 5.88 Å². The van der Waals surface area contributed by atoms with E-state index < -0.39 is 0 Å². The van der Waals surface area contributed by atoms with Crippen molar-refractivity contribution >= 4 is 22.9 Å². The summed E-state index contributed by atoms with van der Waals surface area (Å²) < 4.78 is 5.38. The first-order valence-electron chi connectivity index (χ1n) is 3.84. The molecular weight excluding hydrogens is 222 g/mol. The Morgan fingerprint density at radius 1 is 1.43 bits per heavy atom. The summed E-state index contributed by atoms with van der Waals surface area (Å²) in [5.74, 6) is 0.999. The highest BCUT2D eigenvalue weighted by atomic mass is 35.5. The smallest absolute Gasteiger partial charge is 0.299 e. The van der Waals surface area contributed by atoms with Crippen molar-refractivity contribution in [2.75, 3.05) is 0 Å². The quantitative estimate of drug-likeness (QED) is 0.756.